The molecule has 13 heavy (non-hydrogen) atoms. The van der Waals surface area contributed by atoms with Crippen LogP contribution in [0.3, 0.4) is 0 Å². The van der Waals surface area contributed by atoms with E-state index in [0.29, 0.717) is 12.2 Å². The Morgan fingerprint density at radius 2 is 2.38 bits per heavy atom. The molecule has 0 aliphatic heterocycles. The van der Waals surface area contributed by atoms with Gasteiger partial charge in [0.05, 0.1) is 12.6 Å². The number of nitrogens with one attached hydrogen (secondary N) is 1. The molecule has 1 aromatic rings. The van der Waals surface area contributed by atoms with E-state index < -0.39 is 0 Å². The van der Waals surface area contributed by atoms with Gasteiger partial charge in [-0.2, -0.15) is 0 Å². The van der Waals surface area contributed by atoms with E-state index in [2.05, 4.69) is 4.98 Å². The highest BCUT2D eigenvalue weighted by molar-refractivity contribution is 5.19. The molecule has 0 radical (unpaired) electrons. The monoisotopic (exact) mass is 182 g/mol. The zero-order valence-corrected chi connectivity index (χ0v) is 7.83. The van der Waals surface area contributed by atoms with E-state index in [1.807, 2.05) is 0 Å². The van der Waals surface area contributed by atoms with Crippen LogP contribution in [0.4, 0.5) is 0 Å². The maximum absolute atomic E-state index is 11.0. The topological polar surface area (TPSA) is 68.1 Å². The fourth-order valence-electron chi connectivity index (χ4n) is 1.11. The Labute approximate surface area is 76.7 Å². The molecule has 4 heteroatoms. The Balaban J connectivity index is 2.90. The first-order valence-electron chi connectivity index (χ1n) is 4.09. The predicted molar refractivity (Wildman–Crippen MR) is 50.6 cm³/mol. The maximum Gasteiger partial charge on any atom is 0.250 e. The normalized spacial score (nSPS) is 12.8. The first-order valence-corrected chi connectivity index (χ1v) is 4.09. The number of methoxy groups -OCH3 is 1. The number of aryl methyl sites for hydroxylation is 1. The minimum atomic E-state index is -0.180. The number of aromatic nitrogens is 1. The molecule has 1 heterocycles. The molecule has 3 N–H and O–H groups in total. The summed E-state index contributed by atoms with van der Waals surface area (Å²) in [6.07, 6.45) is 1.62. The van der Waals surface area contributed by atoms with Crippen molar-refractivity contribution in [2.24, 2.45) is 5.73 Å². The second-order valence-electron chi connectivity index (χ2n) is 3.01. The minimum absolute atomic E-state index is 0.0756. The summed E-state index contributed by atoms with van der Waals surface area (Å²) in [4.78, 5) is 13.6. The van der Waals surface area contributed by atoms with Crippen molar-refractivity contribution in [3.05, 3.63) is 33.7 Å². The van der Waals surface area contributed by atoms with Crippen LogP contribution < -0.4 is 11.3 Å². The molecule has 0 fully saturated rings. The summed E-state index contributed by atoms with van der Waals surface area (Å²) < 4.78 is 4.91. The van der Waals surface area contributed by atoms with Crippen LogP contribution >= 0.6 is 0 Å². The molecule has 0 saturated carbocycles. The lowest BCUT2D eigenvalue weighted by atomic mass is 10.1. The summed E-state index contributed by atoms with van der Waals surface area (Å²) in [5, 5.41) is 0. The molecule has 72 valence electrons. The van der Waals surface area contributed by atoms with Gasteiger partial charge in [0.1, 0.15) is 0 Å². The molecule has 1 atom stereocenters. The van der Waals surface area contributed by atoms with Gasteiger partial charge >= 0.3 is 0 Å². The van der Waals surface area contributed by atoms with E-state index in [1.165, 1.54) is 0 Å². The van der Waals surface area contributed by atoms with Crippen LogP contribution in [-0.4, -0.2) is 18.7 Å². The number of rotatable bonds is 3. The lowest BCUT2D eigenvalue weighted by Gasteiger charge is -2.10. The van der Waals surface area contributed by atoms with Crippen LogP contribution in [0.1, 0.15) is 17.2 Å². The van der Waals surface area contributed by atoms with Gasteiger partial charge in [-0.3, -0.25) is 4.79 Å². The van der Waals surface area contributed by atoms with Gasteiger partial charge < -0.3 is 15.5 Å². The van der Waals surface area contributed by atoms with Crippen molar-refractivity contribution in [3.63, 3.8) is 0 Å². The van der Waals surface area contributed by atoms with Crippen molar-refractivity contribution < 1.29 is 4.74 Å². The third-order valence-corrected chi connectivity index (χ3v) is 1.89. The van der Waals surface area contributed by atoms with Gasteiger partial charge in [0.15, 0.2) is 0 Å². The first-order chi connectivity index (χ1) is 6.15. The summed E-state index contributed by atoms with van der Waals surface area (Å²) in [7, 11) is 1.60. The fourth-order valence-corrected chi connectivity index (χ4v) is 1.11. The lowest BCUT2D eigenvalue weighted by molar-refractivity contribution is 0.181. The third-order valence-electron chi connectivity index (χ3n) is 1.89. The highest BCUT2D eigenvalue weighted by Crippen LogP contribution is 2.08. The number of ether oxygens (including phenoxy) is 1. The van der Waals surface area contributed by atoms with Crippen LogP contribution in [0, 0.1) is 6.92 Å². The van der Waals surface area contributed by atoms with Gasteiger partial charge in [-0.15, -0.1) is 0 Å². The van der Waals surface area contributed by atoms with E-state index in [4.69, 9.17) is 10.5 Å². The second-order valence-corrected chi connectivity index (χ2v) is 3.01. The summed E-state index contributed by atoms with van der Waals surface area (Å²) in [5.74, 6) is 0. The van der Waals surface area contributed by atoms with Crippen LogP contribution in [0.2, 0.25) is 0 Å². The van der Waals surface area contributed by atoms with Crippen molar-refractivity contribution >= 4 is 0 Å². The predicted octanol–water partition coefficient (Wildman–Crippen LogP) is 0.330. The quantitative estimate of drug-likeness (QED) is 0.707. The number of hydrogen-bond acceptors (Lipinski definition) is 3. The molecule has 0 spiro atoms. The molecule has 0 unspecified atom stereocenters. The lowest BCUT2D eigenvalue weighted by Crippen LogP contribution is -2.19. The second kappa shape index (κ2) is 4.20. The number of H-pyrrole nitrogens is 1. The average molecular weight is 182 g/mol. The highest BCUT2D eigenvalue weighted by Gasteiger charge is 2.06. The molecule has 1 aromatic heterocycles. The SMILES string of the molecule is COC[C@@H](N)c1c[nH]c(=O)c(C)c1. The molecule has 0 amide bonds. The van der Waals surface area contributed by atoms with Gasteiger partial charge in [0.2, 0.25) is 0 Å². The van der Waals surface area contributed by atoms with Gasteiger partial charge in [-0.1, -0.05) is 0 Å². The average Bonchev–Trinajstić information content (AvgIpc) is 2.10. The zero-order chi connectivity index (χ0) is 9.84. The molecular weight excluding hydrogens is 168 g/mol. The third kappa shape index (κ3) is 2.40. The van der Waals surface area contributed by atoms with Gasteiger partial charge in [-0.05, 0) is 18.6 Å². The molecule has 4 nitrogen and oxygen atoms in total. The molecule has 0 aliphatic rings. The molecule has 0 aromatic carbocycles. The molecular formula is C9H14N2O2. The van der Waals surface area contributed by atoms with Crippen LogP contribution in [-0.2, 0) is 4.74 Å². The van der Waals surface area contributed by atoms with Gasteiger partial charge in [0, 0.05) is 18.9 Å². The Hall–Kier alpha value is -1.13. The van der Waals surface area contributed by atoms with Crippen molar-refractivity contribution in [1.29, 1.82) is 0 Å². The molecule has 0 aliphatic carbocycles. The summed E-state index contributed by atoms with van der Waals surface area (Å²) >= 11 is 0. The van der Waals surface area contributed by atoms with E-state index in [9.17, 15) is 4.79 Å². The van der Waals surface area contributed by atoms with Crippen molar-refractivity contribution in [2.45, 2.75) is 13.0 Å². The van der Waals surface area contributed by atoms with Crippen LogP contribution in [0.25, 0.3) is 0 Å². The largest absolute Gasteiger partial charge is 0.383 e. The maximum atomic E-state index is 11.0. The number of nitrogens with two attached hydrogens (primary N) is 1. The van der Waals surface area contributed by atoms with E-state index in [0.717, 1.165) is 5.56 Å². The number of aromatic amines is 1. The Bertz CT molecular complexity index is 333. The summed E-state index contributed by atoms with van der Waals surface area (Å²) in [6, 6.07) is 1.60. The molecule has 1 rings (SSSR count). The zero-order valence-electron chi connectivity index (χ0n) is 7.83. The van der Waals surface area contributed by atoms with Crippen molar-refractivity contribution in [3.8, 4) is 0 Å². The Morgan fingerprint density at radius 1 is 1.69 bits per heavy atom. The number of pyridine rings is 1. The van der Waals surface area contributed by atoms with Crippen LogP contribution in [0.15, 0.2) is 17.1 Å². The smallest absolute Gasteiger partial charge is 0.250 e. The van der Waals surface area contributed by atoms with E-state index >= 15 is 0 Å². The molecule has 0 saturated heterocycles. The first kappa shape index (κ1) is 9.95. The summed E-state index contributed by atoms with van der Waals surface area (Å²) in [6.45, 7) is 2.20. The van der Waals surface area contributed by atoms with Crippen molar-refractivity contribution in [1.82, 2.24) is 4.98 Å². The van der Waals surface area contributed by atoms with Gasteiger partial charge in [0.25, 0.3) is 5.56 Å². The standard InChI is InChI=1S/C9H14N2O2/c1-6-3-7(4-11-9(6)12)8(10)5-13-2/h3-4,8H,5,10H2,1-2H3,(H,11,12)/t8-/m1/s1. The van der Waals surface area contributed by atoms with Gasteiger partial charge in [-0.25, -0.2) is 0 Å². The van der Waals surface area contributed by atoms with Crippen molar-refractivity contribution in [2.75, 3.05) is 13.7 Å². The fraction of sp³-hybridized carbons (Fsp3) is 0.444. The van der Waals surface area contributed by atoms with E-state index in [1.54, 1.807) is 26.3 Å². The van der Waals surface area contributed by atoms with Crippen LogP contribution in [0.5, 0.6) is 0 Å². The Morgan fingerprint density at radius 3 is 2.92 bits per heavy atom. The molecule has 0 bridgehead atoms. The summed E-state index contributed by atoms with van der Waals surface area (Å²) in [5.41, 5.74) is 7.26. The Kier molecular flexibility index (Phi) is 3.22. The van der Waals surface area contributed by atoms with E-state index in [-0.39, 0.29) is 11.6 Å². The minimum Gasteiger partial charge on any atom is -0.383 e. The number of hydrogen-bond donors (Lipinski definition) is 2. The highest BCUT2D eigenvalue weighted by atomic mass is 16.5.